The highest BCUT2D eigenvalue weighted by Gasteiger charge is 2.14. The summed E-state index contributed by atoms with van der Waals surface area (Å²) in [6.07, 6.45) is 3.09. The van der Waals surface area contributed by atoms with E-state index in [0.717, 1.165) is 18.8 Å². The van der Waals surface area contributed by atoms with Gasteiger partial charge in [-0.2, -0.15) is 0 Å². The van der Waals surface area contributed by atoms with Gasteiger partial charge in [0, 0.05) is 29.8 Å². The monoisotopic (exact) mass is 176 g/mol. The maximum absolute atomic E-state index is 4.18. The molecule has 0 saturated carbocycles. The lowest BCUT2D eigenvalue weighted by atomic mass is 10.2. The van der Waals surface area contributed by atoms with Gasteiger partial charge in [-0.05, 0) is 0 Å². The van der Waals surface area contributed by atoms with Crippen LogP contribution in [0.1, 0.15) is 6.42 Å². The first kappa shape index (κ1) is 7.95. The number of hydrogen-bond acceptors (Lipinski definition) is 3. The molecule has 0 fully saturated rings. The van der Waals surface area contributed by atoms with Crippen molar-refractivity contribution in [1.82, 2.24) is 5.32 Å². The molecule has 0 aliphatic carbocycles. The molecule has 2 rings (SSSR count). The number of thioether (sulfide) groups is 1. The molecular weight excluding hydrogens is 168 g/mol. The molecule has 0 aromatic heterocycles. The highest BCUT2D eigenvalue weighted by atomic mass is 35.5. The molecule has 2 aliphatic rings. The van der Waals surface area contributed by atoms with Gasteiger partial charge in [0.1, 0.15) is 0 Å². The minimum Gasteiger partial charge on any atom is -0.378 e. The molecule has 0 atom stereocenters. The van der Waals surface area contributed by atoms with Crippen molar-refractivity contribution in [1.29, 1.82) is 0 Å². The van der Waals surface area contributed by atoms with Gasteiger partial charge in [0.05, 0.1) is 5.88 Å². The van der Waals surface area contributed by atoms with Crippen LogP contribution < -0.4 is 5.32 Å². The molecule has 2 heterocycles. The predicted octanol–water partition coefficient (Wildman–Crippen LogP) is 1.39. The largest absolute Gasteiger partial charge is 0.378 e. The molecule has 4 heteroatoms. The minimum atomic E-state index is 0. The number of dihydropyridines is 1. The third kappa shape index (κ3) is 1.30. The zero-order valence-electron chi connectivity index (χ0n) is 5.46. The van der Waals surface area contributed by atoms with E-state index in [-0.39, 0.29) is 12.4 Å². The summed E-state index contributed by atoms with van der Waals surface area (Å²) in [7, 11) is 0. The van der Waals surface area contributed by atoms with E-state index in [4.69, 9.17) is 0 Å². The van der Waals surface area contributed by atoms with Gasteiger partial charge in [-0.1, -0.05) is 0 Å². The number of allylic oxidation sites excluding steroid dienone is 1. The minimum absolute atomic E-state index is 0. The molecule has 0 amide bonds. The molecule has 1 N–H and O–H groups in total. The Hall–Kier alpha value is -0.150. The zero-order valence-corrected chi connectivity index (χ0v) is 7.10. The standard InChI is InChI=1S/C6H8N2S.ClH/c1-2-7-3-6-5(1)8-4-9-6;/h3,8H,1-2,4H2;1H. The second-order valence-electron chi connectivity index (χ2n) is 2.09. The molecule has 0 aromatic rings. The summed E-state index contributed by atoms with van der Waals surface area (Å²) in [6, 6.07) is 0. The van der Waals surface area contributed by atoms with Crippen molar-refractivity contribution in [3.63, 3.8) is 0 Å². The Labute approximate surface area is 70.6 Å². The smallest absolute Gasteiger partial charge is 0.0655 e. The van der Waals surface area contributed by atoms with Crippen molar-refractivity contribution in [2.75, 3.05) is 12.4 Å². The van der Waals surface area contributed by atoms with Gasteiger partial charge in [-0.3, -0.25) is 4.99 Å². The van der Waals surface area contributed by atoms with Crippen LogP contribution in [0.5, 0.6) is 0 Å². The maximum atomic E-state index is 4.18. The fourth-order valence-electron chi connectivity index (χ4n) is 1.03. The second-order valence-corrected chi connectivity index (χ2v) is 3.11. The highest BCUT2D eigenvalue weighted by Crippen LogP contribution is 2.26. The molecular formula is C6H9ClN2S. The average molecular weight is 177 g/mol. The SMILES string of the molecule is C1=NCCC2=C1SCN2.Cl. The summed E-state index contributed by atoms with van der Waals surface area (Å²) < 4.78 is 0. The zero-order chi connectivity index (χ0) is 6.10. The summed E-state index contributed by atoms with van der Waals surface area (Å²) in [5.41, 5.74) is 1.40. The molecule has 0 unspecified atom stereocenters. The van der Waals surface area contributed by atoms with Crippen LogP contribution in [0.2, 0.25) is 0 Å². The normalized spacial score (nSPS) is 21.6. The molecule has 0 saturated heterocycles. The molecule has 0 spiro atoms. The Kier molecular flexibility index (Phi) is 2.63. The van der Waals surface area contributed by atoms with Gasteiger partial charge in [0.2, 0.25) is 0 Å². The summed E-state index contributed by atoms with van der Waals surface area (Å²) in [4.78, 5) is 5.52. The van der Waals surface area contributed by atoms with E-state index >= 15 is 0 Å². The third-order valence-corrected chi connectivity index (χ3v) is 2.46. The van der Waals surface area contributed by atoms with Crippen molar-refractivity contribution in [3.05, 3.63) is 10.6 Å². The van der Waals surface area contributed by atoms with Crippen LogP contribution in [0.4, 0.5) is 0 Å². The Morgan fingerprint density at radius 2 is 2.50 bits per heavy atom. The van der Waals surface area contributed by atoms with Gasteiger partial charge in [-0.15, -0.1) is 24.2 Å². The number of rotatable bonds is 0. The van der Waals surface area contributed by atoms with E-state index in [2.05, 4.69) is 10.3 Å². The Balaban J connectivity index is 0.000000500. The third-order valence-electron chi connectivity index (χ3n) is 1.51. The van der Waals surface area contributed by atoms with Crippen molar-refractivity contribution in [3.8, 4) is 0 Å². The molecule has 10 heavy (non-hydrogen) atoms. The number of nitrogens with zero attached hydrogens (tertiary/aromatic N) is 1. The Bertz CT molecular complexity index is 188. The van der Waals surface area contributed by atoms with Crippen molar-refractivity contribution < 1.29 is 0 Å². The van der Waals surface area contributed by atoms with Gasteiger partial charge < -0.3 is 5.32 Å². The van der Waals surface area contributed by atoms with E-state index in [9.17, 15) is 0 Å². The lowest BCUT2D eigenvalue weighted by Crippen LogP contribution is -2.09. The van der Waals surface area contributed by atoms with Gasteiger partial charge in [0.15, 0.2) is 0 Å². The quantitative estimate of drug-likeness (QED) is 0.603. The lowest BCUT2D eigenvalue weighted by Gasteiger charge is -2.04. The number of halogens is 1. The highest BCUT2D eigenvalue weighted by molar-refractivity contribution is 8.04. The van der Waals surface area contributed by atoms with Crippen LogP contribution in [0.25, 0.3) is 0 Å². The first-order valence-electron chi connectivity index (χ1n) is 3.06. The average Bonchev–Trinajstić information content (AvgIpc) is 2.33. The second kappa shape index (κ2) is 3.30. The van der Waals surface area contributed by atoms with E-state index in [1.165, 1.54) is 10.6 Å². The molecule has 0 aromatic carbocycles. The van der Waals surface area contributed by atoms with Gasteiger partial charge in [-0.25, -0.2) is 0 Å². The number of hydrogen-bond donors (Lipinski definition) is 1. The van der Waals surface area contributed by atoms with Crippen LogP contribution in [0.3, 0.4) is 0 Å². The van der Waals surface area contributed by atoms with Crippen molar-refractivity contribution in [2.45, 2.75) is 6.42 Å². The van der Waals surface area contributed by atoms with Crippen LogP contribution >= 0.6 is 24.2 Å². The summed E-state index contributed by atoms with van der Waals surface area (Å²) in [5, 5.41) is 3.31. The molecule has 0 bridgehead atoms. The Morgan fingerprint density at radius 3 is 3.30 bits per heavy atom. The van der Waals surface area contributed by atoms with Crippen LogP contribution in [0, 0.1) is 0 Å². The number of aliphatic imine (C=N–C) groups is 1. The summed E-state index contributed by atoms with van der Waals surface area (Å²) in [6.45, 7) is 0.965. The van der Waals surface area contributed by atoms with Gasteiger partial charge >= 0.3 is 0 Å². The molecule has 2 aliphatic heterocycles. The van der Waals surface area contributed by atoms with Crippen LogP contribution in [-0.4, -0.2) is 18.6 Å². The molecule has 0 radical (unpaired) electrons. The fraction of sp³-hybridized carbons (Fsp3) is 0.500. The summed E-state index contributed by atoms with van der Waals surface area (Å²) in [5.74, 6) is 1.04. The Morgan fingerprint density at radius 1 is 1.60 bits per heavy atom. The first-order chi connectivity index (χ1) is 4.47. The van der Waals surface area contributed by atoms with E-state index in [0.29, 0.717) is 0 Å². The molecule has 2 nitrogen and oxygen atoms in total. The van der Waals surface area contributed by atoms with E-state index < -0.39 is 0 Å². The van der Waals surface area contributed by atoms with E-state index in [1.54, 1.807) is 0 Å². The molecule has 56 valence electrons. The topological polar surface area (TPSA) is 24.4 Å². The van der Waals surface area contributed by atoms with Crippen LogP contribution in [-0.2, 0) is 0 Å². The predicted molar refractivity (Wildman–Crippen MR) is 47.8 cm³/mol. The first-order valence-corrected chi connectivity index (χ1v) is 4.05. The maximum Gasteiger partial charge on any atom is 0.0655 e. The summed E-state index contributed by atoms with van der Waals surface area (Å²) >= 11 is 1.85. The van der Waals surface area contributed by atoms with Crippen LogP contribution in [0.15, 0.2) is 15.6 Å². The number of nitrogens with one attached hydrogen (secondary N) is 1. The van der Waals surface area contributed by atoms with Gasteiger partial charge in [0.25, 0.3) is 0 Å². The fourth-order valence-corrected chi connectivity index (χ4v) is 1.93. The van der Waals surface area contributed by atoms with Crippen molar-refractivity contribution in [2.24, 2.45) is 4.99 Å². The lowest BCUT2D eigenvalue weighted by molar-refractivity contribution is 0.836. The van der Waals surface area contributed by atoms with Crippen molar-refractivity contribution >= 4 is 30.4 Å². The van der Waals surface area contributed by atoms with E-state index in [1.807, 2.05) is 18.0 Å².